The zero-order valence-electron chi connectivity index (χ0n) is 12.0. The van der Waals surface area contributed by atoms with Crippen molar-refractivity contribution < 1.29 is 14.3 Å². The summed E-state index contributed by atoms with van der Waals surface area (Å²) in [6.07, 6.45) is 1.43. The average Bonchev–Trinajstić information content (AvgIpc) is 3.05. The number of thiazole rings is 1. The number of hydrogen-bond donors (Lipinski definition) is 2. The average molecular weight is 328 g/mol. The first-order valence-electron chi connectivity index (χ1n) is 6.89. The number of benzene rings is 2. The molecule has 2 aromatic carbocycles. The molecule has 0 radical (unpaired) electrons. The Morgan fingerprint density at radius 3 is 2.83 bits per heavy atom. The van der Waals surface area contributed by atoms with Crippen molar-refractivity contribution in [2.75, 3.05) is 5.32 Å². The summed E-state index contributed by atoms with van der Waals surface area (Å²) in [4.78, 5) is 16.8. The van der Waals surface area contributed by atoms with E-state index in [9.17, 15) is 9.18 Å². The first-order valence-corrected chi connectivity index (χ1v) is 7.71. The summed E-state index contributed by atoms with van der Waals surface area (Å²) in [7, 11) is 0. The molecule has 0 atom stereocenters. The van der Waals surface area contributed by atoms with Crippen LogP contribution in [-0.2, 0) is 6.61 Å². The number of aliphatic hydroxyl groups is 1. The van der Waals surface area contributed by atoms with Gasteiger partial charge >= 0.3 is 0 Å². The van der Waals surface area contributed by atoms with Gasteiger partial charge in [0.15, 0.2) is 0 Å². The molecule has 116 valence electrons. The quantitative estimate of drug-likeness (QED) is 0.768. The molecule has 0 aliphatic carbocycles. The van der Waals surface area contributed by atoms with E-state index in [-0.39, 0.29) is 18.3 Å². The number of halogens is 1. The van der Waals surface area contributed by atoms with E-state index in [1.807, 2.05) is 0 Å². The van der Waals surface area contributed by atoms with Gasteiger partial charge in [-0.15, -0.1) is 11.3 Å². The Balaban J connectivity index is 1.80. The van der Waals surface area contributed by atoms with Gasteiger partial charge < -0.3 is 10.4 Å². The number of nitrogens with zero attached hydrogens (tertiary/aromatic N) is 1. The highest BCUT2D eigenvalue weighted by atomic mass is 32.1. The summed E-state index contributed by atoms with van der Waals surface area (Å²) in [5.74, 6) is -0.690. The molecule has 0 spiro atoms. The third-order valence-electron chi connectivity index (χ3n) is 3.20. The number of aromatic nitrogens is 1. The van der Waals surface area contributed by atoms with Gasteiger partial charge in [-0.2, -0.15) is 0 Å². The van der Waals surface area contributed by atoms with Crippen LogP contribution in [0.2, 0.25) is 0 Å². The smallest absolute Gasteiger partial charge is 0.267 e. The summed E-state index contributed by atoms with van der Waals surface area (Å²) < 4.78 is 13.8. The molecule has 0 bridgehead atoms. The van der Waals surface area contributed by atoms with E-state index in [2.05, 4.69) is 10.3 Å². The molecule has 0 unspecified atom stereocenters. The van der Waals surface area contributed by atoms with Crippen molar-refractivity contribution in [3.8, 4) is 10.6 Å². The number of carbonyl (C=O) groups excluding carboxylic acids is 1. The Kier molecular flexibility index (Phi) is 4.45. The lowest BCUT2D eigenvalue weighted by atomic mass is 10.2. The standard InChI is InChI=1S/C17H13FN2O2S/c18-14-7-2-1-6-13(14)17-19-9-15(23-17)16(22)20-12-5-3-4-11(8-12)10-21/h1-9,21H,10H2,(H,20,22). The molecule has 0 aliphatic rings. The minimum atomic E-state index is -0.371. The number of hydrogen-bond acceptors (Lipinski definition) is 4. The Morgan fingerprint density at radius 2 is 2.04 bits per heavy atom. The van der Waals surface area contributed by atoms with E-state index in [0.717, 1.165) is 11.3 Å². The predicted octanol–water partition coefficient (Wildman–Crippen LogP) is 3.69. The second-order valence-electron chi connectivity index (χ2n) is 4.82. The van der Waals surface area contributed by atoms with Crippen LogP contribution in [0.25, 0.3) is 10.6 Å². The summed E-state index contributed by atoms with van der Waals surface area (Å²) in [5.41, 5.74) is 1.67. The molecule has 4 nitrogen and oxygen atoms in total. The fraction of sp³-hybridized carbons (Fsp3) is 0.0588. The molecule has 1 amide bonds. The van der Waals surface area contributed by atoms with Crippen LogP contribution in [-0.4, -0.2) is 16.0 Å². The maximum atomic E-state index is 13.8. The van der Waals surface area contributed by atoms with Crippen LogP contribution in [0.3, 0.4) is 0 Å². The molecule has 2 N–H and O–H groups in total. The van der Waals surface area contributed by atoms with Crippen molar-refractivity contribution in [3.63, 3.8) is 0 Å². The van der Waals surface area contributed by atoms with E-state index in [0.29, 0.717) is 26.7 Å². The van der Waals surface area contributed by atoms with E-state index in [1.54, 1.807) is 42.5 Å². The molecule has 3 aromatic rings. The molecule has 23 heavy (non-hydrogen) atoms. The number of aliphatic hydroxyl groups excluding tert-OH is 1. The third kappa shape index (κ3) is 3.44. The molecule has 0 saturated heterocycles. The van der Waals surface area contributed by atoms with Crippen molar-refractivity contribution in [3.05, 3.63) is 71.0 Å². The van der Waals surface area contributed by atoms with Crippen molar-refractivity contribution in [1.82, 2.24) is 4.98 Å². The van der Waals surface area contributed by atoms with Gasteiger partial charge in [-0.25, -0.2) is 9.37 Å². The minimum absolute atomic E-state index is 0.0955. The van der Waals surface area contributed by atoms with Gasteiger partial charge in [0.1, 0.15) is 15.7 Å². The monoisotopic (exact) mass is 328 g/mol. The number of anilines is 1. The zero-order valence-corrected chi connectivity index (χ0v) is 12.8. The Hall–Kier alpha value is -2.57. The first-order chi connectivity index (χ1) is 11.2. The molecule has 0 aliphatic heterocycles. The van der Waals surface area contributed by atoms with Crippen LogP contribution in [0.4, 0.5) is 10.1 Å². The van der Waals surface area contributed by atoms with Gasteiger partial charge in [-0.3, -0.25) is 4.79 Å². The van der Waals surface area contributed by atoms with Crippen molar-refractivity contribution >= 4 is 22.9 Å². The van der Waals surface area contributed by atoms with Crippen LogP contribution in [0.1, 0.15) is 15.2 Å². The fourth-order valence-corrected chi connectivity index (χ4v) is 2.92. The Morgan fingerprint density at radius 1 is 1.22 bits per heavy atom. The minimum Gasteiger partial charge on any atom is -0.392 e. The first kappa shape index (κ1) is 15.3. The van der Waals surface area contributed by atoms with Crippen LogP contribution in [0.5, 0.6) is 0 Å². The van der Waals surface area contributed by atoms with E-state index < -0.39 is 0 Å². The van der Waals surface area contributed by atoms with E-state index in [1.165, 1.54) is 12.3 Å². The zero-order chi connectivity index (χ0) is 16.2. The van der Waals surface area contributed by atoms with Crippen molar-refractivity contribution in [2.24, 2.45) is 0 Å². The van der Waals surface area contributed by atoms with Crippen LogP contribution < -0.4 is 5.32 Å². The lowest BCUT2D eigenvalue weighted by Crippen LogP contribution is -2.10. The third-order valence-corrected chi connectivity index (χ3v) is 4.23. The Labute approximate surface area is 136 Å². The summed E-state index contributed by atoms with van der Waals surface area (Å²) in [6, 6.07) is 13.2. The molecule has 0 fully saturated rings. The highest BCUT2D eigenvalue weighted by Gasteiger charge is 2.14. The maximum absolute atomic E-state index is 13.8. The summed E-state index contributed by atoms with van der Waals surface area (Å²) in [5, 5.41) is 12.3. The van der Waals surface area contributed by atoms with Crippen LogP contribution >= 0.6 is 11.3 Å². The highest BCUT2D eigenvalue weighted by molar-refractivity contribution is 7.17. The van der Waals surface area contributed by atoms with Gasteiger partial charge in [0, 0.05) is 11.3 Å². The Bertz CT molecular complexity index is 848. The highest BCUT2D eigenvalue weighted by Crippen LogP contribution is 2.27. The predicted molar refractivity (Wildman–Crippen MR) is 87.8 cm³/mol. The van der Waals surface area contributed by atoms with Crippen molar-refractivity contribution in [2.45, 2.75) is 6.61 Å². The van der Waals surface area contributed by atoms with Gasteiger partial charge in [0.25, 0.3) is 5.91 Å². The second-order valence-corrected chi connectivity index (χ2v) is 5.85. The van der Waals surface area contributed by atoms with Crippen LogP contribution in [0, 0.1) is 5.82 Å². The number of nitrogens with one attached hydrogen (secondary N) is 1. The molecule has 1 heterocycles. The molecule has 0 saturated carbocycles. The second kappa shape index (κ2) is 6.68. The van der Waals surface area contributed by atoms with Crippen LogP contribution in [0.15, 0.2) is 54.7 Å². The van der Waals surface area contributed by atoms with E-state index >= 15 is 0 Å². The normalized spacial score (nSPS) is 10.5. The van der Waals surface area contributed by atoms with Crippen molar-refractivity contribution in [1.29, 1.82) is 0 Å². The fourth-order valence-electron chi connectivity index (χ4n) is 2.08. The largest absolute Gasteiger partial charge is 0.392 e. The van der Waals surface area contributed by atoms with Gasteiger partial charge in [-0.1, -0.05) is 24.3 Å². The number of amides is 1. The topological polar surface area (TPSA) is 62.2 Å². The maximum Gasteiger partial charge on any atom is 0.267 e. The molecule has 1 aromatic heterocycles. The summed E-state index contributed by atoms with van der Waals surface area (Å²) in [6.45, 7) is -0.0955. The number of carbonyl (C=O) groups is 1. The lowest BCUT2D eigenvalue weighted by molar-refractivity contribution is 0.103. The molecular formula is C17H13FN2O2S. The SMILES string of the molecule is O=C(Nc1cccc(CO)c1)c1cnc(-c2ccccc2F)s1. The van der Waals surface area contributed by atoms with E-state index in [4.69, 9.17) is 5.11 Å². The van der Waals surface area contributed by atoms with Gasteiger partial charge in [0.2, 0.25) is 0 Å². The lowest BCUT2D eigenvalue weighted by Gasteiger charge is -2.04. The molecular weight excluding hydrogens is 315 g/mol. The number of rotatable bonds is 4. The van der Waals surface area contributed by atoms with Gasteiger partial charge in [-0.05, 0) is 29.8 Å². The molecule has 6 heteroatoms. The summed E-state index contributed by atoms with van der Waals surface area (Å²) >= 11 is 1.12. The molecule has 3 rings (SSSR count). The van der Waals surface area contributed by atoms with Gasteiger partial charge in [0.05, 0.1) is 12.8 Å².